The molecule has 0 spiro atoms. The molecule has 3 heteroatoms. The van der Waals surface area contributed by atoms with Crippen molar-refractivity contribution in [2.45, 2.75) is 6.17 Å². The predicted octanol–water partition coefficient (Wildman–Crippen LogP) is 3.23. The summed E-state index contributed by atoms with van der Waals surface area (Å²) < 4.78 is 0. The van der Waals surface area contributed by atoms with Crippen LogP contribution in [0, 0.1) is 0 Å². The largest absolute Gasteiger partial charge is 0.304 e. The minimum Gasteiger partial charge on any atom is -0.304 e. The van der Waals surface area contributed by atoms with Crippen LogP contribution in [-0.4, -0.2) is 5.01 Å². The maximum absolute atomic E-state index is 4.92. The second kappa shape index (κ2) is 7.05. The van der Waals surface area contributed by atoms with E-state index < -0.39 is 0 Å². The van der Waals surface area contributed by atoms with Gasteiger partial charge in [-0.15, -0.1) is 0 Å². The summed E-state index contributed by atoms with van der Waals surface area (Å²) in [5, 5.41) is 4.16. The highest BCUT2D eigenvalue weighted by Crippen LogP contribution is 2.21. The zero-order chi connectivity index (χ0) is 16.9. The van der Waals surface area contributed by atoms with Crippen molar-refractivity contribution in [1.82, 2.24) is 10.4 Å². The molecule has 1 N–H and O–H groups in total. The molecule has 0 aliphatic carbocycles. The van der Waals surface area contributed by atoms with Crippen molar-refractivity contribution in [3.63, 3.8) is 0 Å². The third-order valence-corrected chi connectivity index (χ3v) is 4.14. The van der Waals surface area contributed by atoms with Crippen LogP contribution < -0.4 is 16.0 Å². The fourth-order valence-electron chi connectivity index (χ4n) is 2.88. The second-order valence-electron chi connectivity index (χ2n) is 5.88. The smallest absolute Gasteiger partial charge is 0.165 e. The lowest BCUT2D eigenvalue weighted by Gasteiger charge is -2.29. The number of hydrogen-bond donors (Lipinski definition) is 1. The number of benzene rings is 3. The van der Waals surface area contributed by atoms with Crippen LogP contribution >= 0.6 is 0 Å². The van der Waals surface area contributed by atoms with Crippen molar-refractivity contribution < 1.29 is 0 Å². The number of hydrazine groups is 1. The van der Waals surface area contributed by atoms with Crippen molar-refractivity contribution >= 4 is 12.3 Å². The summed E-state index contributed by atoms with van der Waals surface area (Å²) in [5.74, 6) is 0. The van der Waals surface area contributed by atoms with Gasteiger partial charge in [0.1, 0.15) is 0 Å². The van der Waals surface area contributed by atoms with Crippen molar-refractivity contribution in [3.05, 3.63) is 113 Å². The quantitative estimate of drug-likeness (QED) is 0.797. The molecule has 0 saturated carbocycles. The van der Waals surface area contributed by atoms with E-state index in [1.165, 1.54) is 0 Å². The first-order valence-corrected chi connectivity index (χ1v) is 8.36. The summed E-state index contributed by atoms with van der Waals surface area (Å²) in [5.41, 5.74) is 5.66. The van der Waals surface area contributed by atoms with Gasteiger partial charge in [0.2, 0.25) is 0 Å². The molecule has 0 fully saturated rings. The van der Waals surface area contributed by atoms with Crippen molar-refractivity contribution in [2.75, 3.05) is 0 Å². The van der Waals surface area contributed by atoms with Gasteiger partial charge in [-0.2, -0.15) is 0 Å². The minimum absolute atomic E-state index is 0.100. The lowest BCUT2D eigenvalue weighted by molar-refractivity contribution is 0.256. The number of hydrogen-bond acceptors (Lipinski definition) is 3. The minimum atomic E-state index is -0.100. The zero-order valence-corrected chi connectivity index (χ0v) is 13.8. The highest BCUT2D eigenvalue weighted by atomic mass is 15.5. The molecule has 1 heterocycles. The van der Waals surface area contributed by atoms with E-state index >= 15 is 0 Å². The molecular weight excluding hydrogens is 306 g/mol. The fraction of sp³-hybridized carbons (Fsp3) is 0.0455. The van der Waals surface area contributed by atoms with E-state index in [1.807, 2.05) is 59.7 Å². The lowest BCUT2D eigenvalue weighted by atomic mass is 10.1. The van der Waals surface area contributed by atoms with E-state index in [4.69, 9.17) is 4.99 Å². The molecule has 0 amide bonds. The molecule has 3 aromatic carbocycles. The summed E-state index contributed by atoms with van der Waals surface area (Å²) in [7, 11) is 0. The third kappa shape index (κ3) is 3.45. The van der Waals surface area contributed by atoms with E-state index in [1.54, 1.807) is 0 Å². The monoisotopic (exact) mass is 325 g/mol. The first kappa shape index (κ1) is 15.2. The summed E-state index contributed by atoms with van der Waals surface area (Å²) in [4.78, 5) is 4.92. The van der Waals surface area contributed by atoms with Crippen LogP contribution in [-0.2, 0) is 0 Å². The SMILES string of the molecule is C(=Cc1ccccc1)NN1C=c2ccccc2=NC1c1ccccc1. The average Bonchev–Trinajstić information content (AvgIpc) is 2.69. The van der Waals surface area contributed by atoms with E-state index in [0.29, 0.717) is 0 Å². The van der Waals surface area contributed by atoms with Crippen molar-refractivity contribution in [1.29, 1.82) is 0 Å². The molecule has 1 aliphatic rings. The molecule has 1 unspecified atom stereocenters. The normalized spacial score (nSPS) is 16.0. The third-order valence-electron chi connectivity index (χ3n) is 4.14. The Morgan fingerprint density at radius 2 is 1.48 bits per heavy atom. The van der Waals surface area contributed by atoms with Crippen molar-refractivity contribution in [2.24, 2.45) is 4.99 Å². The van der Waals surface area contributed by atoms with Crippen LogP contribution in [0.4, 0.5) is 0 Å². The maximum atomic E-state index is 4.92. The molecule has 1 atom stereocenters. The summed E-state index contributed by atoms with van der Waals surface area (Å²) in [6.45, 7) is 0. The van der Waals surface area contributed by atoms with E-state index in [9.17, 15) is 0 Å². The number of nitrogens with one attached hydrogen (secondary N) is 1. The van der Waals surface area contributed by atoms with E-state index in [-0.39, 0.29) is 6.17 Å². The number of fused-ring (bicyclic) bond motifs is 1. The molecule has 3 nitrogen and oxygen atoms in total. The number of para-hydroxylation sites is 1. The Hall–Kier alpha value is -3.33. The number of nitrogens with zero attached hydrogens (tertiary/aromatic N) is 2. The van der Waals surface area contributed by atoms with Crippen LogP contribution in [0.1, 0.15) is 17.3 Å². The van der Waals surface area contributed by atoms with Crippen LogP contribution in [0.2, 0.25) is 0 Å². The maximum Gasteiger partial charge on any atom is 0.165 e. The van der Waals surface area contributed by atoms with Gasteiger partial charge in [0.05, 0.1) is 5.36 Å². The Balaban J connectivity index is 1.66. The van der Waals surface area contributed by atoms with E-state index in [2.05, 4.69) is 54.1 Å². The molecule has 25 heavy (non-hydrogen) atoms. The molecule has 0 saturated heterocycles. The number of rotatable bonds is 4. The molecular formula is C22H19N3. The zero-order valence-electron chi connectivity index (χ0n) is 13.8. The molecule has 4 rings (SSSR count). The first-order chi connectivity index (χ1) is 12.4. The summed E-state index contributed by atoms with van der Waals surface area (Å²) in [6, 6.07) is 28.7. The van der Waals surface area contributed by atoms with Crippen LogP contribution in [0.15, 0.2) is 96.1 Å². The Kier molecular flexibility index (Phi) is 4.29. The Bertz CT molecular complexity index is 979. The van der Waals surface area contributed by atoms with E-state index in [0.717, 1.165) is 21.7 Å². The topological polar surface area (TPSA) is 27.6 Å². The highest BCUT2D eigenvalue weighted by Gasteiger charge is 2.18. The molecule has 122 valence electrons. The summed E-state index contributed by atoms with van der Waals surface area (Å²) in [6.07, 6.45) is 6.01. The Morgan fingerprint density at radius 1 is 0.800 bits per heavy atom. The lowest BCUT2D eigenvalue weighted by Crippen LogP contribution is -2.42. The Labute approximate surface area is 147 Å². The molecule has 1 aliphatic heterocycles. The molecule has 0 bridgehead atoms. The Morgan fingerprint density at radius 3 is 2.28 bits per heavy atom. The molecule has 0 aromatic heterocycles. The second-order valence-corrected chi connectivity index (χ2v) is 5.88. The van der Waals surface area contributed by atoms with Gasteiger partial charge in [-0.05, 0) is 23.3 Å². The average molecular weight is 325 g/mol. The summed E-state index contributed by atoms with van der Waals surface area (Å²) >= 11 is 0. The van der Waals surface area contributed by atoms with Crippen LogP contribution in [0.3, 0.4) is 0 Å². The van der Waals surface area contributed by atoms with Gasteiger partial charge in [0.25, 0.3) is 0 Å². The van der Waals surface area contributed by atoms with Crippen molar-refractivity contribution in [3.8, 4) is 0 Å². The van der Waals surface area contributed by atoms with Gasteiger partial charge in [-0.1, -0.05) is 78.9 Å². The van der Waals surface area contributed by atoms with Gasteiger partial charge in [0.15, 0.2) is 6.17 Å². The first-order valence-electron chi connectivity index (χ1n) is 8.36. The van der Waals surface area contributed by atoms with Gasteiger partial charge < -0.3 is 5.43 Å². The van der Waals surface area contributed by atoms with Gasteiger partial charge in [0, 0.05) is 17.6 Å². The molecule has 0 radical (unpaired) electrons. The predicted molar refractivity (Wildman–Crippen MR) is 101 cm³/mol. The fourth-order valence-corrected chi connectivity index (χ4v) is 2.88. The van der Waals surface area contributed by atoms with Crippen LogP contribution in [0.25, 0.3) is 12.3 Å². The van der Waals surface area contributed by atoms with Crippen LogP contribution in [0.5, 0.6) is 0 Å². The highest BCUT2D eigenvalue weighted by molar-refractivity contribution is 5.48. The van der Waals surface area contributed by atoms with Gasteiger partial charge >= 0.3 is 0 Å². The molecule has 3 aromatic rings. The van der Waals surface area contributed by atoms with Gasteiger partial charge in [-0.3, -0.25) is 10.0 Å². The van der Waals surface area contributed by atoms with Gasteiger partial charge in [-0.25, -0.2) is 0 Å². The standard InChI is InChI=1S/C22H19N3/c1-3-9-18(10-4-1)15-16-23-25-17-20-13-7-8-14-21(20)24-22(25)19-11-5-2-6-12-19/h1-17,22-23H.